The van der Waals surface area contributed by atoms with E-state index in [1.54, 1.807) is 47.4 Å². The van der Waals surface area contributed by atoms with Crippen LogP contribution in [0.3, 0.4) is 0 Å². The van der Waals surface area contributed by atoms with Crippen molar-refractivity contribution >= 4 is 21.6 Å². The van der Waals surface area contributed by atoms with Crippen molar-refractivity contribution in [1.82, 2.24) is 19.0 Å². The minimum absolute atomic E-state index is 0.228. The second-order valence-electron chi connectivity index (χ2n) is 7.19. The molecule has 30 heavy (non-hydrogen) atoms. The van der Waals surface area contributed by atoms with Crippen LogP contribution in [0.5, 0.6) is 0 Å². The molecule has 3 aromatic rings. The lowest BCUT2D eigenvalue weighted by Crippen LogP contribution is -2.46. The smallest absolute Gasteiger partial charge is 0.255 e. The number of carbonyl (C=O) groups excluding carboxylic acids is 1. The second-order valence-corrected chi connectivity index (χ2v) is 9.12. The first-order valence-corrected chi connectivity index (χ1v) is 11.1. The van der Waals surface area contributed by atoms with Gasteiger partial charge in [-0.2, -0.15) is 9.40 Å². The first kappa shape index (κ1) is 20.3. The van der Waals surface area contributed by atoms with Crippen LogP contribution in [-0.4, -0.2) is 66.5 Å². The van der Waals surface area contributed by atoms with Gasteiger partial charge < -0.3 is 10.2 Å². The number of anilines is 1. The van der Waals surface area contributed by atoms with Crippen LogP contribution in [-0.2, 0) is 10.0 Å². The van der Waals surface area contributed by atoms with E-state index in [9.17, 15) is 13.2 Å². The Labute approximate surface area is 175 Å². The van der Waals surface area contributed by atoms with E-state index < -0.39 is 10.0 Å². The first-order valence-electron chi connectivity index (χ1n) is 9.64. The fourth-order valence-corrected chi connectivity index (χ4v) is 4.72. The summed E-state index contributed by atoms with van der Waals surface area (Å²) in [5.41, 5.74) is 1.79. The highest BCUT2D eigenvalue weighted by atomic mass is 32.2. The summed E-state index contributed by atoms with van der Waals surface area (Å²) >= 11 is 0. The number of carbonyl (C=O) groups is 1. The third kappa shape index (κ3) is 4.28. The highest BCUT2D eigenvalue weighted by Crippen LogP contribution is 2.20. The van der Waals surface area contributed by atoms with Gasteiger partial charge in [-0.25, -0.2) is 13.1 Å². The summed E-state index contributed by atoms with van der Waals surface area (Å²) in [7, 11) is -1.55. The summed E-state index contributed by atoms with van der Waals surface area (Å²) in [4.78, 5) is 15.0. The molecular formula is C21H23N5O3S. The third-order valence-electron chi connectivity index (χ3n) is 5.09. The summed E-state index contributed by atoms with van der Waals surface area (Å²) in [6.45, 7) is 2.38. The SMILES string of the molecule is CN1CCN(S(=O)(=O)c2ccc(NC(=O)c3cccc(-n4cccn4)c3)cc2)CC1. The number of nitrogens with one attached hydrogen (secondary N) is 1. The quantitative estimate of drug-likeness (QED) is 0.676. The second kappa shape index (κ2) is 8.39. The largest absolute Gasteiger partial charge is 0.322 e. The Bertz CT molecular complexity index is 1120. The maximum atomic E-state index is 12.8. The van der Waals surface area contributed by atoms with Crippen LogP contribution in [0.1, 0.15) is 10.4 Å². The molecule has 9 heteroatoms. The van der Waals surface area contributed by atoms with Gasteiger partial charge in [-0.05, 0) is 55.6 Å². The van der Waals surface area contributed by atoms with E-state index in [4.69, 9.17) is 0 Å². The summed E-state index contributed by atoms with van der Waals surface area (Å²) < 4.78 is 28.8. The Balaban J connectivity index is 1.46. The van der Waals surface area contributed by atoms with Crippen molar-refractivity contribution in [2.75, 3.05) is 38.5 Å². The molecule has 1 amide bonds. The summed E-state index contributed by atoms with van der Waals surface area (Å²) in [5, 5.41) is 6.98. The number of likely N-dealkylation sites (N-methyl/N-ethyl adjacent to an activating group) is 1. The molecule has 0 bridgehead atoms. The van der Waals surface area contributed by atoms with Gasteiger partial charge in [0.25, 0.3) is 5.91 Å². The van der Waals surface area contributed by atoms with Crippen molar-refractivity contribution in [2.45, 2.75) is 4.90 Å². The van der Waals surface area contributed by atoms with Crippen molar-refractivity contribution in [3.63, 3.8) is 0 Å². The number of rotatable bonds is 5. The van der Waals surface area contributed by atoms with Crippen molar-refractivity contribution in [2.24, 2.45) is 0 Å². The van der Waals surface area contributed by atoms with Crippen molar-refractivity contribution in [1.29, 1.82) is 0 Å². The number of amides is 1. The Morgan fingerprint density at radius 3 is 2.40 bits per heavy atom. The van der Waals surface area contributed by atoms with E-state index in [2.05, 4.69) is 15.3 Å². The maximum Gasteiger partial charge on any atom is 0.255 e. The molecule has 0 radical (unpaired) electrons. The van der Waals surface area contributed by atoms with Crippen molar-refractivity contribution in [3.05, 3.63) is 72.6 Å². The molecule has 0 unspecified atom stereocenters. The van der Waals surface area contributed by atoms with E-state index in [1.807, 2.05) is 19.2 Å². The molecule has 1 saturated heterocycles. The number of hydrogen-bond donors (Lipinski definition) is 1. The van der Waals surface area contributed by atoms with Crippen LogP contribution >= 0.6 is 0 Å². The molecule has 0 spiro atoms. The van der Waals surface area contributed by atoms with Crippen LogP contribution in [0, 0.1) is 0 Å². The van der Waals surface area contributed by atoms with E-state index in [1.165, 1.54) is 16.4 Å². The monoisotopic (exact) mass is 425 g/mol. The molecule has 1 aliphatic rings. The van der Waals surface area contributed by atoms with Gasteiger partial charge in [-0.1, -0.05) is 6.07 Å². The summed E-state index contributed by atoms with van der Waals surface area (Å²) in [5.74, 6) is -0.279. The van der Waals surface area contributed by atoms with Crippen LogP contribution in [0.25, 0.3) is 5.69 Å². The lowest BCUT2D eigenvalue weighted by Gasteiger charge is -2.31. The van der Waals surface area contributed by atoms with Gasteiger partial charge in [0.15, 0.2) is 0 Å². The zero-order valence-corrected chi connectivity index (χ0v) is 17.4. The summed E-state index contributed by atoms with van der Waals surface area (Å²) in [6, 6.07) is 15.2. The van der Waals surface area contributed by atoms with Gasteiger partial charge in [-0.3, -0.25) is 4.79 Å². The molecule has 1 aromatic heterocycles. The van der Waals surface area contributed by atoms with Gasteiger partial charge in [-0.15, -0.1) is 0 Å². The number of aromatic nitrogens is 2. The number of nitrogens with zero attached hydrogens (tertiary/aromatic N) is 4. The average Bonchev–Trinajstić information content (AvgIpc) is 3.30. The standard InChI is InChI=1S/C21H23N5O3S/c1-24-12-14-25(15-13-24)30(28,29)20-8-6-18(7-9-20)23-21(27)17-4-2-5-19(16-17)26-11-3-10-22-26/h2-11,16H,12-15H2,1H3,(H,23,27). The lowest BCUT2D eigenvalue weighted by molar-refractivity contribution is 0.102. The molecule has 0 aliphatic carbocycles. The average molecular weight is 426 g/mol. The molecule has 0 atom stereocenters. The van der Waals surface area contributed by atoms with Crippen LogP contribution in [0.4, 0.5) is 5.69 Å². The molecule has 1 aliphatic heterocycles. The molecule has 2 heterocycles. The van der Waals surface area contributed by atoms with Gasteiger partial charge >= 0.3 is 0 Å². The predicted octanol–water partition coefficient (Wildman–Crippen LogP) is 2.06. The predicted molar refractivity (Wildman–Crippen MR) is 114 cm³/mol. The van der Waals surface area contributed by atoms with Gasteiger partial charge in [0.05, 0.1) is 10.6 Å². The highest BCUT2D eigenvalue weighted by molar-refractivity contribution is 7.89. The molecule has 1 fully saturated rings. The van der Waals surface area contributed by atoms with E-state index in [0.717, 1.165) is 5.69 Å². The van der Waals surface area contributed by atoms with Gasteiger partial charge in [0.1, 0.15) is 0 Å². The van der Waals surface area contributed by atoms with Gasteiger partial charge in [0.2, 0.25) is 10.0 Å². The van der Waals surface area contributed by atoms with E-state index in [-0.39, 0.29) is 10.8 Å². The highest BCUT2D eigenvalue weighted by Gasteiger charge is 2.27. The molecular weight excluding hydrogens is 402 g/mol. The Hall–Kier alpha value is -3.01. The summed E-state index contributed by atoms with van der Waals surface area (Å²) in [6.07, 6.45) is 3.47. The van der Waals surface area contributed by atoms with E-state index in [0.29, 0.717) is 37.4 Å². The maximum absolute atomic E-state index is 12.8. The first-order chi connectivity index (χ1) is 14.4. The van der Waals surface area contributed by atoms with Crippen molar-refractivity contribution in [3.8, 4) is 5.69 Å². The molecule has 4 rings (SSSR count). The normalized spacial score (nSPS) is 15.8. The topological polar surface area (TPSA) is 87.5 Å². The fraction of sp³-hybridized carbons (Fsp3) is 0.238. The van der Waals surface area contributed by atoms with Gasteiger partial charge in [0, 0.05) is 49.8 Å². The minimum Gasteiger partial charge on any atom is -0.322 e. The zero-order valence-electron chi connectivity index (χ0n) is 16.6. The number of hydrogen-bond acceptors (Lipinski definition) is 5. The molecule has 156 valence electrons. The lowest BCUT2D eigenvalue weighted by atomic mass is 10.2. The van der Waals surface area contributed by atoms with Crippen LogP contribution < -0.4 is 5.32 Å². The Morgan fingerprint density at radius 1 is 1.00 bits per heavy atom. The van der Waals surface area contributed by atoms with Crippen LogP contribution in [0.2, 0.25) is 0 Å². The minimum atomic E-state index is -3.53. The molecule has 8 nitrogen and oxygen atoms in total. The number of benzene rings is 2. The third-order valence-corrected chi connectivity index (χ3v) is 7.00. The van der Waals surface area contributed by atoms with E-state index >= 15 is 0 Å². The molecule has 0 saturated carbocycles. The molecule has 1 N–H and O–H groups in total. The Kier molecular flexibility index (Phi) is 5.67. The number of sulfonamides is 1. The molecule has 2 aromatic carbocycles. The van der Waals surface area contributed by atoms with Crippen LogP contribution in [0.15, 0.2) is 71.9 Å². The van der Waals surface area contributed by atoms with Crippen molar-refractivity contribution < 1.29 is 13.2 Å². The number of piperazine rings is 1. The fourth-order valence-electron chi connectivity index (χ4n) is 3.30. The zero-order chi connectivity index (χ0) is 21.1. The Morgan fingerprint density at radius 2 is 1.73 bits per heavy atom.